The number of aryl methyl sites for hydroxylation is 3. The Bertz CT molecular complexity index is 1560. The molecule has 8 heteroatoms. The van der Waals surface area contributed by atoms with E-state index in [0.29, 0.717) is 24.2 Å². The molecular formula is C33H35N3O4S. The molecular weight excluding hydrogens is 534 g/mol. The molecule has 1 amide bonds. The van der Waals surface area contributed by atoms with Gasteiger partial charge in [0.1, 0.15) is 12.4 Å². The molecule has 212 valence electrons. The van der Waals surface area contributed by atoms with Gasteiger partial charge in [-0.25, -0.2) is 13.8 Å². The summed E-state index contributed by atoms with van der Waals surface area (Å²) < 4.78 is 34.7. The van der Waals surface area contributed by atoms with E-state index in [1.807, 2.05) is 104 Å². The summed E-state index contributed by atoms with van der Waals surface area (Å²) in [6.07, 6.45) is 1.98. The molecule has 0 aliphatic heterocycles. The molecule has 0 saturated heterocycles. The quantitative estimate of drug-likeness (QED) is 0.178. The highest BCUT2D eigenvalue weighted by molar-refractivity contribution is 7.89. The molecule has 4 aromatic carbocycles. The predicted molar refractivity (Wildman–Crippen MR) is 163 cm³/mol. The zero-order valence-corrected chi connectivity index (χ0v) is 24.4. The molecule has 0 radical (unpaired) electrons. The second-order valence-corrected chi connectivity index (χ2v) is 11.8. The minimum absolute atomic E-state index is 0.153. The summed E-state index contributed by atoms with van der Waals surface area (Å²) >= 11 is 0. The largest absolute Gasteiger partial charge is 0.489 e. The van der Waals surface area contributed by atoms with Crippen molar-refractivity contribution < 1.29 is 17.9 Å². The molecule has 7 nitrogen and oxygen atoms in total. The number of rotatable bonds is 12. The van der Waals surface area contributed by atoms with Crippen LogP contribution >= 0.6 is 0 Å². The molecule has 0 aromatic heterocycles. The zero-order chi connectivity index (χ0) is 29.2. The van der Waals surface area contributed by atoms with Gasteiger partial charge in [0, 0.05) is 6.54 Å². The van der Waals surface area contributed by atoms with Gasteiger partial charge in [0.25, 0.3) is 5.91 Å². The number of benzene rings is 4. The lowest BCUT2D eigenvalue weighted by molar-refractivity contribution is -0.121. The summed E-state index contributed by atoms with van der Waals surface area (Å²) in [6, 6.07) is 30.5. The molecule has 0 bridgehead atoms. The maximum absolute atomic E-state index is 13.8. The van der Waals surface area contributed by atoms with E-state index < -0.39 is 15.9 Å². The molecule has 41 heavy (non-hydrogen) atoms. The van der Waals surface area contributed by atoms with E-state index in [4.69, 9.17) is 4.74 Å². The maximum Gasteiger partial charge on any atom is 0.255 e. The van der Waals surface area contributed by atoms with Gasteiger partial charge in [0.15, 0.2) is 0 Å². The van der Waals surface area contributed by atoms with E-state index in [0.717, 1.165) is 28.0 Å². The summed E-state index contributed by atoms with van der Waals surface area (Å²) in [5, 5.41) is 4.05. The van der Waals surface area contributed by atoms with Crippen LogP contribution in [0.5, 0.6) is 5.75 Å². The standard InChI is InChI=1S/C33H35N3O4S/c1-25-20-26(2)33(27(3)21-25)41(38,39)36(19-18-28-10-6-4-7-11-28)23-32(37)35-34-22-29-14-16-31(17-15-29)40-24-30-12-8-5-9-13-30/h4-17,20-22H,18-19,23-24H2,1-3H3,(H,35,37)/b34-22+. The SMILES string of the molecule is Cc1cc(C)c(S(=O)(=O)N(CCc2ccccc2)CC(=O)N/N=C/c2ccc(OCc3ccccc3)cc2)c(C)c1. The molecule has 0 unspecified atom stereocenters. The van der Waals surface area contributed by atoms with Gasteiger partial charge in [-0.3, -0.25) is 4.79 Å². The average Bonchev–Trinajstić information content (AvgIpc) is 2.95. The fourth-order valence-electron chi connectivity index (χ4n) is 4.65. The second-order valence-electron chi connectivity index (χ2n) is 9.94. The topological polar surface area (TPSA) is 88.1 Å². The van der Waals surface area contributed by atoms with E-state index in [1.165, 1.54) is 10.5 Å². The van der Waals surface area contributed by atoms with Crippen molar-refractivity contribution in [2.75, 3.05) is 13.1 Å². The lowest BCUT2D eigenvalue weighted by Gasteiger charge is -2.24. The van der Waals surface area contributed by atoms with Crippen molar-refractivity contribution in [1.29, 1.82) is 0 Å². The van der Waals surface area contributed by atoms with Crippen molar-refractivity contribution >= 4 is 22.1 Å². The molecule has 4 aromatic rings. The van der Waals surface area contributed by atoms with E-state index in [1.54, 1.807) is 13.8 Å². The van der Waals surface area contributed by atoms with Crippen LogP contribution in [0, 0.1) is 20.8 Å². The molecule has 1 N–H and O–H groups in total. The van der Waals surface area contributed by atoms with E-state index in [2.05, 4.69) is 10.5 Å². The smallest absolute Gasteiger partial charge is 0.255 e. The highest BCUT2D eigenvalue weighted by atomic mass is 32.2. The van der Waals surface area contributed by atoms with Gasteiger partial charge in [-0.05, 0) is 79.3 Å². The summed E-state index contributed by atoms with van der Waals surface area (Å²) in [4.78, 5) is 13.1. The van der Waals surface area contributed by atoms with Gasteiger partial charge >= 0.3 is 0 Å². The van der Waals surface area contributed by atoms with Crippen LogP contribution in [0.3, 0.4) is 0 Å². The fraction of sp³-hybridized carbons (Fsp3) is 0.212. The van der Waals surface area contributed by atoms with Crippen LogP contribution in [-0.2, 0) is 27.8 Å². The highest BCUT2D eigenvalue weighted by Gasteiger charge is 2.29. The van der Waals surface area contributed by atoms with Crippen LogP contribution in [0.2, 0.25) is 0 Å². The van der Waals surface area contributed by atoms with Crippen molar-refractivity contribution in [3.63, 3.8) is 0 Å². The van der Waals surface area contributed by atoms with Gasteiger partial charge < -0.3 is 4.74 Å². The second kappa shape index (κ2) is 13.9. The molecule has 4 rings (SSSR count). The predicted octanol–water partition coefficient (Wildman–Crippen LogP) is 5.57. The zero-order valence-electron chi connectivity index (χ0n) is 23.6. The summed E-state index contributed by atoms with van der Waals surface area (Å²) in [5.41, 5.74) is 7.59. The van der Waals surface area contributed by atoms with E-state index in [9.17, 15) is 13.2 Å². The number of hydrazone groups is 1. The normalized spacial score (nSPS) is 11.6. The van der Waals surface area contributed by atoms with Gasteiger partial charge in [-0.2, -0.15) is 9.41 Å². The van der Waals surface area contributed by atoms with Crippen molar-refractivity contribution in [3.8, 4) is 5.75 Å². The molecule has 0 aliphatic carbocycles. The Kier molecular flexibility index (Phi) is 10.1. The van der Waals surface area contributed by atoms with Crippen molar-refractivity contribution in [2.45, 2.75) is 38.7 Å². The summed E-state index contributed by atoms with van der Waals surface area (Å²) in [6.45, 7) is 5.76. The molecule has 0 atom stereocenters. The minimum Gasteiger partial charge on any atom is -0.489 e. The third-order valence-electron chi connectivity index (χ3n) is 6.55. The third-order valence-corrected chi connectivity index (χ3v) is 8.70. The highest BCUT2D eigenvalue weighted by Crippen LogP contribution is 2.25. The van der Waals surface area contributed by atoms with Gasteiger partial charge in [0.2, 0.25) is 10.0 Å². The van der Waals surface area contributed by atoms with Crippen LogP contribution in [-0.4, -0.2) is 37.9 Å². The number of sulfonamides is 1. The van der Waals surface area contributed by atoms with Crippen LogP contribution in [0.1, 0.15) is 33.4 Å². The van der Waals surface area contributed by atoms with Crippen LogP contribution < -0.4 is 10.2 Å². The van der Waals surface area contributed by atoms with Gasteiger partial charge in [-0.15, -0.1) is 0 Å². The Hall–Kier alpha value is -4.27. The average molecular weight is 570 g/mol. The number of carbonyl (C=O) groups is 1. The fourth-order valence-corrected chi connectivity index (χ4v) is 6.46. The van der Waals surface area contributed by atoms with E-state index in [-0.39, 0.29) is 18.0 Å². The number of nitrogens with zero attached hydrogens (tertiary/aromatic N) is 2. The number of carbonyl (C=O) groups excluding carboxylic acids is 1. The Morgan fingerprint density at radius 1 is 0.854 bits per heavy atom. The Labute approximate surface area is 242 Å². The van der Waals surface area contributed by atoms with Crippen LogP contribution in [0.25, 0.3) is 0 Å². The Morgan fingerprint density at radius 2 is 1.44 bits per heavy atom. The first kappa shape index (κ1) is 29.7. The summed E-state index contributed by atoms with van der Waals surface area (Å²) in [5.74, 6) is 0.194. The number of nitrogens with one attached hydrogen (secondary N) is 1. The molecule has 0 heterocycles. The van der Waals surface area contributed by atoms with Crippen molar-refractivity contribution in [2.24, 2.45) is 5.10 Å². The van der Waals surface area contributed by atoms with Gasteiger partial charge in [-0.1, -0.05) is 78.4 Å². The Morgan fingerprint density at radius 3 is 2.05 bits per heavy atom. The molecule has 0 saturated carbocycles. The lowest BCUT2D eigenvalue weighted by Crippen LogP contribution is -2.41. The summed E-state index contributed by atoms with van der Waals surface area (Å²) in [7, 11) is -3.95. The molecule has 0 aliphatic rings. The number of hydrogen-bond acceptors (Lipinski definition) is 5. The first-order chi connectivity index (χ1) is 19.7. The number of amides is 1. The van der Waals surface area contributed by atoms with Crippen LogP contribution in [0.15, 0.2) is 107 Å². The number of hydrogen-bond donors (Lipinski definition) is 1. The van der Waals surface area contributed by atoms with Crippen LogP contribution in [0.4, 0.5) is 0 Å². The lowest BCUT2D eigenvalue weighted by atomic mass is 10.1. The van der Waals surface area contributed by atoms with Crippen molar-refractivity contribution in [1.82, 2.24) is 9.73 Å². The molecule has 0 spiro atoms. The minimum atomic E-state index is -3.95. The monoisotopic (exact) mass is 569 g/mol. The van der Waals surface area contributed by atoms with Crippen molar-refractivity contribution in [3.05, 3.63) is 130 Å². The first-order valence-electron chi connectivity index (χ1n) is 13.4. The Balaban J connectivity index is 1.41. The third kappa shape index (κ3) is 8.36. The molecule has 0 fully saturated rings. The number of ether oxygens (including phenoxy) is 1. The first-order valence-corrected chi connectivity index (χ1v) is 14.9. The van der Waals surface area contributed by atoms with E-state index >= 15 is 0 Å². The maximum atomic E-state index is 13.8. The van der Waals surface area contributed by atoms with Gasteiger partial charge in [0.05, 0.1) is 17.7 Å².